The topological polar surface area (TPSA) is 92.8 Å². The van der Waals surface area contributed by atoms with Gasteiger partial charge in [-0.05, 0) is 30.5 Å². The van der Waals surface area contributed by atoms with Crippen LogP contribution in [0.15, 0.2) is 29.2 Å². The first-order valence-electron chi connectivity index (χ1n) is 8.79. The van der Waals surface area contributed by atoms with Gasteiger partial charge >= 0.3 is 5.97 Å². The lowest BCUT2D eigenvalue weighted by atomic mass is 9.73. The van der Waals surface area contributed by atoms with Gasteiger partial charge in [0.25, 0.3) is 0 Å². The molecule has 8 heteroatoms. The number of nitrogens with zero attached hydrogens (tertiary/aromatic N) is 1. The molecule has 2 rings (SSSR count). The van der Waals surface area contributed by atoms with Gasteiger partial charge in [0, 0.05) is 19.6 Å². The Labute approximate surface area is 154 Å². The van der Waals surface area contributed by atoms with Crippen LogP contribution in [0.1, 0.15) is 32.3 Å². The average Bonchev–Trinajstić information content (AvgIpc) is 2.60. The number of ether oxygens (including phenoxy) is 1. The van der Waals surface area contributed by atoms with E-state index in [1.165, 1.54) is 11.4 Å². The van der Waals surface area contributed by atoms with E-state index in [0.717, 1.165) is 5.56 Å². The second-order valence-electron chi connectivity index (χ2n) is 6.26. The maximum absolute atomic E-state index is 12.4. The molecule has 1 aliphatic carbocycles. The van der Waals surface area contributed by atoms with Crippen LogP contribution in [0, 0.1) is 11.8 Å². The quantitative estimate of drug-likeness (QED) is 0.689. The molecule has 0 aromatic heterocycles. The molecule has 144 valence electrons. The van der Waals surface area contributed by atoms with Gasteiger partial charge in [-0.1, -0.05) is 26.0 Å². The molecule has 0 aliphatic heterocycles. The van der Waals surface area contributed by atoms with Crippen LogP contribution in [0.3, 0.4) is 0 Å². The van der Waals surface area contributed by atoms with Crippen molar-refractivity contribution in [3.63, 3.8) is 0 Å². The van der Waals surface area contributed by atoms with Crippen molar-refractivity contribution in [3.05, 3.63) is 29.8 Å². The average molecular weight is 382 g/mol. The molecule has 1 N–H and O–H groups in total. The van der Waals surface area contributed by atoms with Crippen LogP contribution in [0.4, 0.5) is 0 Å². The molecule has 1 saturated carbocycles. The summed E-state index contributed by atoms with van der Waals surface area (Å²) in [6.45, 7) is 4.72. The third-order valence-electron chi connectivity index (χ3n) is 4.85. The highest BCUT2D eigenvalue weighted by Gasteiger charge is 2.41. The number of carbonyl (C=O) groups is 2. The van der Waals surface area contributed by atoms with E-state index in [2.05, 4.69) is 5.32 Å². The van der Waals surface area contributed by atoms with Gasteiger partial charge in [-0.15, -0.1) is 0 Å². The van der Waals surface area contributed by atoms with Crippen molar-refractivity contribution in [1.29, 1.82) is 0 Å². The van der Waals surface area contributed by atoms with Crippen molar-refractivity contribution in [2.45, 2.75) is 38.1 Å². The van der Waals surface area contributed by atoms with Crippen LogP contribution in [0.2, 0.25) is 0 Å². The summed E-state index contributed by atoms with van der Waals surface area (Å²) in [7, 11) is -2.16. The molecule has 0 heterocycles. The van der Waals surface area contributed by atoms with Gasteiger partial charge in [0.05, 0.1) is 23.8 Å². The van der Waals surface area contributed by atoms with Crippen LogP contribution >= 0.6 is 0 Å². The maximum Gasteiger partial charge on any atom is 0.309 e. The zero-order valence-electron chi connectivity index (χ0n) is 15.4. The summed E-state index contributed by atoms with van der Waals surface area (Å²) in [6.07, 6.45) is 1.34. The second-order valence-corrected chi connectivity index (χ2v) is 8.20. The molecule has 1 amide bonds. The maximum atomic E-state index is 12.4. The minimum absolute atomic E-state index is 0.175. The van der Waals surface area contributed by atoms with Crippen LogP contribution in [-0.2, 0) is 30.9 Å². The van der Waals surface area contributed by atoms with Gasteiger partial charge in [-0.25, -0.2) is 8.42 Å². The van der Waals surface area contributed by atoms with Crippen molar-refractivity contribution >= 4 is 21.9 Å². The highest BCUT2D eigenvalue weighted by Crippen LogP contribution is 2.35. The molecule has 0 unspecified atom stereocenters. The summed E-state index contributed by atoms with van der Waals surface area (Å²) in [6, 6.07) is 6.48. The first-order valence-corrected chi connectivity index (χ1v) is 10.2. The monoisotopic (exact) mass is 382 g/mol. The molecule has 26 heavy (non-hydrogen) atoms. The molecule has 1 aromatic rings. The number of esters is 1. The fraction of sp³-hybridized carbons (Fsp3) is 0.556. The molecule has 0 bridgehead atoms. The first-order chi connectivity index (χ1) is 12.3. The molecule has 0 saturated heterocycles. The Kier molecular flexibility index (Phi) is 6.77. The summed E-state index contributed by atoms with van der Waals surface area (Å²) in [5, 5.41) is 2.81. The molecule has 0 radical (unpaired) electrons. The number of hydrogen-bond acceptors (Lipinski definition) is 5. The minimum atomic E-state index is -3.48. The fourth-order valence-corrected chi connectivity index (χ4v) is 4.52. The summed E-state index contributed by atoms with van der Waals surface area (Å²) < 4.78 is 31.0. The van der Waals surface area contributed by atoms with E-state index < -0.39 is 10.0 Å². The van der Waals surface area contributed by atoms with Crippen molar-refractivity contribution in [3.8, 4) is 0 Å². The Bertz CT molecular complexity index is 741. The van der Waals surface area contributed by atoms with Crippen molar-refractivity contribution < 1.29 is 22.7 Å². The fourth-order valence-electron chi connectivity index (χ4n) is 3.06. The molecule has 7 nitrogen and oxygen atoms in total. The van der Waals surface area contributed by atoms with Crippen LogP contribution in [-0.4, -0.2) is 44.8 Å². The summed E-state index contributed by atoms with van der Waals surface area (Å²) in [4.78, 5) is 24.0. The standard InChI is InChI=1S/C18H26N2O5S/c1-4-20(5-2)26(23,24)14-8-6-13(7-9-14)12-19-17(21)15-10-11-16(15)18(22)25-3/h6-9,15-16H,4-5,10-12H2,1-3H3,(H,19,21)/t15-,16+/m0/s1. The van der Waals surface area contributed by atoms with Gasteiger partial charge in [-0.2, -0.15) is 4.31 Å². The van der Waals surface area contributed by atoms with Crippen molar-refractivity contribution in [1.82, 2.24) is 9.62 Å². The number of sulfonamides is 1. The number of carbonyl (C=O) groups excluding carboxylic acids is 2. The summed E-state index contributed by atoms with van der Waals surface area (Å²) in [5.74, 6) is -1.22. The smallest absolute Gasteiger partial charge is 0.309 e. The van der Waals surface area contributed by atoms with E-state index in [-0.39, 0.29) is 35.2 Å². The van der Waals surface area contributed by atoms with Gasteiger partial charge in [0.15, 0.2) is 0 Å². The predicted octanol–water partition coefficient (Wildman–Crippen LogP) is 1.53. The van der Waals surface area contributed by atoms with E-state index >= 15 is 0 Å². The normalized spacial score (nSPS) is 19.7. The third kappa shape index (κ3) is 4.24. The molecule has 1 fully saturated rings. The zero-order chi connectivity index (χ0) is 19.3. The summed E-state index contributed by atoms with van der Waals surface area (Å²) in [5.41, 5.74) is 0.797. The number of rotatable bonds is 8. The van der Waals surface area contributed by atoms with Crippen LogP contribution in [0.5, 0.6) is 0 Å². The van der Waals surface area contributed by atoms with Crippen LogP contribution < -0.4 is 5.32 Å². The largest absolute Gasteiger partial charge is 0.469 e. The first kappa shape index (κ1) is 20.4. The van der Waals surface area contributed by atoms with E-state index in [9.17, 15) is 18.0 Å². The molecule has 2 atom stereocenters. The number of nitrogens with one attached hydrogen (secondary N) is 1. The molecule has 1 aliphatic rings. The lowest BCUT2D eigenvalue weighted by Gasteiger charge is -2.32. The SMILES string of the molecule is CCN(CC)S(=O)(=O)c1ccc(CNC(=O)[C@H]2CC[C@H]2C(=O)OC)cc1. The van der Waals surface area contributed by atoms with Crippen LogP contribution in [0.25, 0.3) is 0 Å². The van der Waals surface area contributed by atoms with E-state index in [4.69, 9.17) is 4.74 Å². The van der Waals surface area contributed by atoms with Gasteiger partial charge < -0.3 is 10.1 Å². The number of benzene rings is 1. The lowest BCUT2D eigenvalue weighted by molar-refractivity contribution is -0.155. The minimum Gasteiger partial charge on any atom is -0.469 e. The Morgan fingerprint density at radius 2 is 1.69 bits per heavy atom. The molecule has 1 aromatic carbocycles. The highest BCUT2D eigenvalue weighted by molar-refractivity contribution is 7.89. The Hall–Kier alpha value is -1.93. The van der Waals surface area contributed by atoms with E-state index in [0.29, 0.717) is 25.9 Å². The van der Waals surface area contributed by atoms with Crippen molar-refractivity contribution in [2.24, 2.45) is 11.8 Å². The molecule has 0 spiro atoms. The van der Waals surface area contributed by atoms with E-state index in [1.807, 2.05) is 0 Å². The second kappa shape index (κ2) is 8.64. The molecular weight excluding hydrogens is 356 g/mol. The Morgan fingerprint density at radius 1 is 1.12 bits per heavy atom. The number of amides is 1. The highest BCUT2D eigenvalue weighted by atomic mass is 32.2. The van der Waals surface area contributed by atoms with Gasteiger partial charge in [0.2, 0.25) is 15.9 Å². The molecular formula is C18H26N2O5S. The predicted molar refractivity (Wildman–Crippen MR) is 96.6 cm³/mol. The van der Waals surface area contributed by atoms with Gasteiger partial charge in [0.1, 0.15) is 0 Å². The van der Waals surface area contributed by atoms with E-state index in [1.54, 1.807) is 38.1 Å². The van der Waals surface area contributed by atoms with Gasteiger partial charge in [-0.3, -0.25) is 9.59 Å². The third-order valence-corrected chi connectivity index (χ3v) is 6.91. The lowest BCUT2D eigenvalue weighted by Crippen LogP contribution is -2.44. The number of methoxy groups -OCH3 is 1. The Morgan fingerprint density at radius 3 is 2.15 bits per heavy atom. The number of hydrogen-bond donors (Lipinski definition) is 1. The zero-order valence-corrected chi connectivity index (χ0v) is 16.2. The Balaban J connectivity index is 1.96. The van der Waals surface area contributed by atoms with Crippen molar-refractivity contribution in [2.75, 3.05) is 20.2 Å². The summed E-state index contributed by atoms with van der Waals surface area (Å²) >= 11 is 0.